The van der Waals surface area contributed by atoms with Crippen LogP contribution >= 0.6 is 0 Å². The monoisotopic (exact) mass is 232 g/mol. The van der Waals surface area contributed by atoms with Crippen molar-refractivity contribution in [1.29, 1.82) is 0 Å². The first-order valence-corrected chi connectivity index (χ1v) is 6.06. The van der Waals surface area contributed by atoms with Crippen molar-refractivity contribution in [2.24, 2.45) is 0 Å². The number of imidazole rings is 2. The molecule has 1 N–H and O–H groups in total. The highest BCUT2D eigenvalue weighted by Gasteiger charge is 2.16. The number of aromatic amines is 1. The summed E-state index contributed by atoms with van der Waals surface area (Å²) in [6, 6.07) is 0. The predicted molar refractivity (Wildman–Crippen MR) is 63.4 cm³/mol. The van der Waals surface area contributed by atoms with Crippen LogP contribution in [-0.2, 0) is 11.3 Å². The second-order valence-corrected chi connectivity index (χ2v) is 4.33. The minimum Gasteiger partial charge on any atom is -0.376 e. The van der Waals surface area contributed by atoms with E-state index in [1.807, 2.05) is 12.4 Å². The molecule has 1 unspecified atom stereocenters. The van der Waals surface area contributed by atoms with Crippen molar-refractivity contribution < 1.29 is 4.74 Å². The van der Waals surface area contributed by atoms with E-state index < -0.39 is 0 Å². The van der Waals surface area contributed by atoms with Gasteiger partial charge in [0, 0.05) is 31.4 Å². The standard InChI is InChI=1S/C12H16N4O/c1-2-8-17-10(3-1)9-16-7-6-15-12(16)11-13-4-5-14-11/h4-7,10H,1-3,8-9H2,(H,13,14). The molecule has 1 aliphatic rings. The molecular formula is C12H16N4O. The maximum Gasteiger partial charge on any atom is 0.176 e. The van der Waals surface area contributed by atoms with Gasteiger partial charge in [0.25, 0.3) is 0 Å². The number of nitrogens with zero attached hydrogens (tertiary/aromatic N) is 3. The quantitative estimate of drug-likeness (QED) is 0.878. The fourth-order valence-corrected chi connectivity index (χ4v) is 2.23. The Labute approximate surface area is 99.9 Å². The fourth-order valence-electron chi connectivity index (χ4n) is 2.23. The summed E-state index contributed by atoms with van der Waals surface area (Å²) < 4.78 is 7.85. The molecule has 0 saturated carbocycles. The normalized spacial score (nSPS) is 20.6. The zero-order valence-corrected chi connectivity index (χ0v) is 9.67. The SMILES string of the molecule is c1c[nH]c(-c2nccn2CC2CCCCO2)n1. The van der Waals surface area contributed by atoms with E-state index in [0.29, 0.717) is 6.10 Å². The van der Waals surface area contributed by atoms with Crippen LogP contribution in [0.15, 0.2) is 24.8 Å². The van der Waals surface area contributed by atoms with Gasteiger partial charge in [-0.25, -0.2) is 9.97 Å². The van der Waals surface area contributed by atoms with Gasteiger partial charge in [0.05, 0.1) is 12.6 Å². The third-order valence-corrected chi connectivity index (χ3v) is 3.10. The van der Waals surface area contributed by atoms with Gasteiger partial charge in [-0.05, 0) is 19.3 Å². The summed E-state index contributed by atoms with van der Waals surface area (Å²) in [5.74, 6) is 1.69. The first kappa shape index (κ1) is 10.5. The number of hydrogen-bond donors (Lipinski definition) is 1. The highest BCUT2D eigenvalue weighted by Crippen LogP contribution is 2.18. The number of hydrogen-bond acceptors (Lipinski definition) is 3. The Morgan fingerprint density at radius 1 is 1.35 bits per heavy atom. The number of nitrogens with one attached hydrogen (secondary N) is 1. The first-order chi connectivity index (χ1) is 8.43. The third-order valence-electron chi connectivity index (χ3n) is 3.10. The molecule has 5 nitrogen and oxygen atoms in total. The van der Waals surface area contributed by atoms with Gasteiger partial charge in [-0.1, -0.05) is 0 Å². The van der Waals surface area contributed by atoms with Crippen molar-refractivity contribution in [3.05, 3.63) is 24.8 Å². The first-order valence-electron chi connectivity index (χ1n) is 6.06. The molecule has 0 amide bonds. The van der Waals surface area contributed by atoms with Crippen LogP contribution in [0.3, 0.4) is 0 Å². The molecule has 0 radical (unpaired) electrons. The van der Waals surface area contributed by atoms with E-state index in [9.17, 15) is 0 Å². The summed E-state index contributed by atoms with van der Waals surface area (Å²) in [6.45, 7) is 1.74. The predicted octanol–water partition coefficient (Wildman–Crippen LogP) is 1.84. The topological polar surface area (TPSA) is 55.7 Å². The van der Waals surface area contributed by atoms with Crippen LogP contribution in [0, 0.1) is 0 Å². The molecule has 17 heavy (non-hydrogen) atoms. The summed E-state index contributed by atoms with van der Waals surface area (Å²) in [4.78, 5) is 11.7. The van der Waals surface area contributed by atoms with E-state index in [1.165, 1.54) is 12.8 Å². The molecule has 0 aliphatic carbocycles. The van der Waals surface area contributed by atoms with Crippen molar-refractivity contribution in [3.63, 3.8) is 0 Å². The summed E-state index contributed by atoms with van der Waals surface area (Å²) >= 11 is 0. The molecule has 0 aromatic carbocycles. The molecule has 90 valence electrons. The molecule has 1 saturated heterocycles. The van der Waals surface area contributed by atoms with E-state index in [1.54, 1.807) is 12.4 Å². The van der Waals surface area contributed by atoms with E-state index >= 15 is 0 Å². The average Bonchev–Trinajstić information content (AvgIpc) is 3.00. The Kier molecular flexibility index (Phi) is 2.92. The lowest BCUT2D eigenvalue weighted by Crippen LogP contribution is -2.24. The number of H-pyrrole nitrogens is 1. The molecule has 0 bridgehead atoms. The zero-order valence-electron chi connectivity index (χ0n) is 9.67. The second kappa shape index (κ2) is 4.71. The Balaban J connectivity index is 1.77. The van der Waals surface area contributed by atoms with Crippen LogP contribution < -0.4 is 0 Å². The maximum atomic E-state index is 5.74. The maximum absolute atomic E-state index is 5.74. The van der Waals surface area contributed by atoms with Crippen LogP contribution in [0.2, 0.25) is 0 Å². The number of rotatable bonds is 3. The molecule has 2 aromatic rings. The van der Waals surface area contributed by atoms with E-state index in [2.05, 4.69) is 19.5 Å². The van der Waals surface area contributed by atoms with Crippen LogP contribution in [0.4, 0.5) is 0 Å². The Morgan fingerprint density at radius 2 is 2.35 bits per heavy atom. The third kappa shape index (κ3) is 2.24. The number of ether oxygens (including phenoxy) is 1. The molecular weight excluding hydrogens is 216 g/mol. The van der Waals surface area contributed by atoms with Crippen molar-refractivity contribution in [1.82, 2.24) is 19.5 Å². The molecule has 3 heterocycles. The highest BCUT2D eigenvalue weighted by atomic mass is 16.5. The van der Waals surface area contributed by atoms with Gasteiger partial charge in [0.15, 0.2) is 11.6 Å². The van der Waals surface area contributed by atoms with Crippen LogP contribution in [0.5, 0.6) is 0 Å². The molecule has 0 spiro atoms. The summed E-state index contributed by atoms with van der Waals surface area (Å²) in [7, 11) is 0. The smallest absolute Gasteiger partial charge is 0.176 e. The largest absolute Gasteiger partial charge is 0.376 e. The lowest BCUT2D eigenvalue weighted by atomic mass is 10.1. The van der Waals surface area contributed by atoms with E-state index in [0.717, 1.165) is 31.2 Å². The molecule has 3 rings (SSSR count). The molecule has 5 heteroatoms. The Bertz CT molecular complexity index is 457. The van der Waals surface area contributed by atoms with Crippen molar-refractivity contribution in [2.75, 3.05) is 6.61 Å². The Hall–Kier alpha value is -1.62. The number of aromatic nitrogens is 4. The average molecular weight is 232 g/mol. The van der Waals surface area contributed by atoms with Crippen LogP contribution in [0.1, 0.15) is 19.3 Å². The van der Waals surface area contributed by atoms with Crippen LogP contribution in [0.25, 0.3) is 11.6 Å². The van der Waals surface area contributed by atoms with Gasteiger partial charge in [-0.15, -0.1) is 0 Å². The van der Waals surface area contributed by atoms with E-state index in [-0.39, 0.29) is 0 Å². The second-order valence-electron chi connectivity index (χ2n) is 4.33. The van der Waals surface area contributed by atoms with Gasteiger partial charge in [-0.3, -0.25) is 0 Å². The zero-order chi connectivity index (χ0) is 11.5. The molecule has 1 aliphatic heterocycles. The van der Waals surface area contributed by atoms with Crippen molar-refractivity contribution in [3.8, 4) is 11.6 Å². The molecule has 2 aromatic heterocycles. The minimum atomic E-state index is 0.312. The lowest BCUT2D eigenvalue weighted by Gasteiger charge is -2.23. The Morgan fingerprint density at radius 3 is 3.12 bits per heavy atom. The van der Waals surface area contributed by atoms with E-state index in [4.69, 9.17) is 4.74 Å². The van der Waals surface area contributed by atoms with Gasteiger partial charge in [-0.2, -0.15) is 0 Å². The van der Waals surface area contributed by atoms with Gasteiger partial charge < -0.3 is 14.3 Å². The molecule has 1 atom stereocenters. The van der Waals surface area contributed by atoms with Gasteiger partial charge in [0.2, 0.25) is 0 Å². The van der Waals surface area contributed by atoms with Crippen LogP contribution in [-0.4, -0.2) is 32.2 Å². The fraction of sp³-hybridized carbons (Fsp3) is 0.500. The highest BCUT2D eigenvalue weighted by molar-refractivity contribution is 5.43. The van der Waals surface area contributed by atoms with Gasteiger partial charge >= 0.3 is 0 Å². The summed E-state index contributed by atoms with van der Waals surface area (Å²) in [5.41, 5.74) is 0. The van der Waals surface area contributed by atoms with Crippen molar-refractivity contribution >= 4 is 0 Å². The lowest BCUT2D eigenvalue weighted by molar-refractivity contribution is 0.00622. The minimum absolute atomic E-state index is 0.312. The summed E-state index contributed by atoms with van der Waals surface area (Å²) in [5, 5.41) is 0. The van der Waals surface area contributed by atoms with Crippen molar-refractivity contribution in [2.45, 2.75) is 31.9 Å². The van der Waals surface area contributed by atoms with Gasteiger partial charge in [0.1, 0.15) is 0 Å². The summed E-state index contributed by atoms with van der Waals surface area (Å²) in [6.07, 6.45) is 11.2. The molecule has 1 fully saturated rings.